The van der Waals surface area contributed by atoms with Crippen LogP contribution in [0.2, 0.25) is 0 Å². The number of hydrogen-bond acceptors (Lipinski definition) is 3. The lowest BCUT2D eigenvalue weighted by Gasteiger charge is -2.42. The fourth-order valence-corrected chi connectivity index (χ4v) is 3.32. The van der Waals surface area contributed by atoms with Crippen LogP contribution in [0.25, 0.3) is 0 Å². The Kier molecular flexibility index (Phi) is 4.36. The number of nitrogens with one attached hydrogen (secondary N) is 1. The van der Waals surface area contributed by atoms with Gasteiger partial charge >= 0.3 is 0 Å². The van der Waals surface area contributed by atoms with E-state index in [-0.39, 0.29) is 11.9 Å². The Morgan fingerprint density at radius 3 is 2.71 bits per heavy atom. The Hall–Kier alpha value is -0.220. The highest BCUT2D eigenvalue weighted by Crippen LogP contribution is 2.56. The fourth-order valence-electron chi connectivity index (χ4n) is 2.83. The number of thioether (sulfide) groups is 1. The van der Waals surface area contributed by atoms with Gasteiger partial charge in [0, 0.05) is 6.54 Å². The third-order valence-corrected chi connectivity index (χ3v) is 5.02. The van der Waals surface area contributed by atoms with Crippen LogP contribution in [-0.4, -0.2) is 30.5 Å². The van der Waals surface area contributed by atoms with Crippen molar-refractivity contribution in [3.05, 3.63) is 0 Å². The molecule has 0 saturated heterocycles. The minimum atomic E-state index is -0.321. The molecule has 2 saturated carbocycles. The fraction of sp³-hybridized carbons (Fsp3) is 0.923. The molecule has 4 heteroatoms. The van der Waals surface area contributed by atoms with Gasteiger partial charge in [0.1, 0.15) is 0 Å². The van der Waals surface area contributed by atoms with Crippen LogP contribution in [0.1, 0.15) is 38.5 Å². The summed E-state index contributed by atoms with van der Waals surface area (Å²) in [6.07, 6.45) is 9.51. The zero-order valence-corrected chi connectivity index (χ0v) is 11.5. The lowest BCUT2D eigenvalue weighted by atomic mass is 9.65. The van der Waals surface area contributed by atoms with Gasteiger partial charge in [-0.25, -0.2) is 0 Å². The van der Waals surface area contributed by atoms with Crippen molar-refractivity contribution in [1.82, 2.24) is 5.32 Å². The van der Waals surface area contributed by atoms with Crippen LogP contribution in [0.15, 0.2) is 0 Å². The highest BCUT2D eigenvalue weighted by molar-refractivity contribution is 7.98. The number of hydrogen-bond donors (Lipinski definition) is 2. The van der Waals surface area contributed by atoms with Gasteiger partial charge in [0.05, 0.1) is 6.04 Å². The van der Waals surface area contributed by atoms with Crippen molar-refractivity contribution < 1.29 is 4.79 Å². The maximum absolute atomic E-state index is 11.8. The summed E-state index contributed by atoms with van der Waals surface area (Å²) >= 11 is 1.74. The van der Waals surface area contributed by atoms with Gasteiger partial charge in [-0.05, 0) is 55.4 Å². The Balaban J connectivity index is 1.71. The Morgan fingerprint density at radius 1 is 1.53 bits per heavy atom. The highest BCUT2D eigenvalue weighted by Gasteiger charge is 2.48. The molecule has 3 nitrogen and oxygen atoms in total. The second-order valence-electron chi connectivity index (χ2n) is 5.60. The van der Waals surface area contributed by atoms with E-state index in [0.29, 0.717) is 5.41 Å². The quantitative estimate of drug-likeness (QED) is 0.730. The number of carbonyl (C=O) groups is 1. The van der Waals surface area contributed by atoms with Gasteiger partial charge in [-0.3, -0.25) is 4.79 Å². The van der Waals surface area contributed by atoms with Crippen molar-refractivity contribution in [2.75, 3.05) is 18.6 Å². The lowest BCUT2D eigenvalue weighted by molar-refractivity contribution is -0.123. The van der Waals surface area contributed by atoms with Gasteiger partial charge in [0.25, 0.3) is 0 Å². The largest absolute Gasteiger partial charge is 0.354 e. The predicted octanol–water partition coefficient (Wildman–Crippen LogP) is 1.76. The maximum atomic E-state index is 11.8. The van der Waals surface area contributed by atoms with E-state index < -0.39 is 0 Å². The summed E-state index contributed by atoms with van der Waals surface area (Å²) < 4.78 is 0. The molecule has 1 atom stereocenters. The van der Waals surface area contributed by atoms with Crippen molar-refractivity contribution in [1.29, 1.82) is 0 Å². The summed E-state index contributed by atoms with van der Waals surface area (Å²) in [5, 5.41) is 3.08. The van der Waals surface area contributed by atoms with E-state index in [2.05, 4.69) is 5.32 Å². The second kappa shape index (κ2) is 5.61. The van der Waals surface area contributed by atoms with Crippen molar-refractivity contribution in [2.24, 2.45) is 17.1 Å². The Labute approximate surface area is 108 Å². The van der Waals surface area contributed by atoms with E-state index in [9.17, 15) is 4.79 Å². The lowest BCUT2D eigenvalue weighted by Crippen LogP contribution is -2.48. The molecule has 0 radical (unpaired) electrons. The molecule has 0 aliphatic heterocycles. The molecule has 0 aromatic heterocycles. The number of nitrogens with two attached hydrogens (primary N) is 1. The predicted molar refractivity (Wildman–Crippen MR) is 73.0 cm³/mol. The van der Waals surface area contributed by atoms with Gasteiger partial charge in [-0.1, -0.05) is 6.42 Å². The molecule has 2 fully saturated rings. The first kappa shape index (κ1) is 13.2. The Bertz CT molecular complexity index is 275. The van der Waals surface area contributed by atoms with Crippen LogP contribution < -0.4 is 11.1 Å². The molecule has 0 spiro atoms. The Morgan fingerprint density at radius 2 is 2.24 bits per heavy atom. The molecule has 2 aliphatic rings. The third kappa shape index (κ3) is 3.16. The van der Waals surface area contributed by atoms with E-state index in [0.717, 1.165) is 24.6 Å². The van der Waals surface area contributed by atoms with Crippen LogP contribution >= 0.6 is 11.8 Å². The topological polar surface area (TPSA) is 55.1 Å². The zero-order valence-electron chi connectivity index (χ0n) is 10.7. The number of amides is 1. The normalized spacial score (nSPS) is 23.9. The molecule has 3 N–H and O–H groups in total. The molecule has 98 valence electrons. The average Bonchev–Trinajstić information content (AvgIpc) is 3.08. The van der Waals surface area contributed by atoms with E-state index in [4.69, 9.17) is 5.73 Å². The maximum Gasteiger partial charge on any atom is 0.236 e. The van der Waals surface area contributed by atoms with Crippen molar-refractivity contribution in [2.45, 2.75) is 44.6 Å². The number of rotatable bonds is 7. The van der Waals surface area contributed by atoms with Gasteiger partial charge in [0.15, 0.2) is 0 Å². The minimum absolute atomic E-state index is 0.0472. The van der Waals surface area contributed by atoms with Gasteiger partial charge in [-0.15, -0.1) is 0 Å². The molecule has 2 rings (SSSR count). The van der Waals surface area contributed by atoms with Crippen molar-refractivity contribution in [3.8, 4) is 0 Å². The van der Waals surface area contributed by atoms with Gasteiger partial charge in [0.2, 0.25) is 5.91 Å². The van der Waals surface area contributed by atoms with Gasteiger partial charge < -0.3 is 11.1 Å². The van der Waals surface area contributed by atoms with Crippen LogP contribution in [0.4, 0.5) is 0 Å². The molecule has 1 unspecified atom stereocenters. The number of carbonyl (C=O) groups excluding carboxylic acids is 1. The van der Waals surface area contributed by atoms with Crippen molar-refractivity contribution in [3.63, 3.8) is 0 Å². The summed E-state index contributed by atoms with van der Waals surface area (Å²) in [6.45, 7) is 0.865. The smallest absolute Gasteiger partial charge is 0.236 e. The van der Waals surface area contributed by atoms with Gasteiger partial charge in [-0.2, -0.15) is 11.8 Å². The molecular formula is C13H24N2OS. The van der Waals surface area contributed by atoms with Crippen LogP contribution in [-0.2, 0) is 4.79 Å². The van der Waals surface area contributed by atoms with Crippen LogP contribution in [0.3, 0.4) is 0 Å². The first-order valence-corrected chi connectivity index (χ1v) is 8.09. The average molecular weight is 256 g/mol. The van der Waals surface area contributed by atoms with E-state index in [1.54, 1.807) is 11.8 Å². The summed E-state index contributed by atoms with van der Waals surface area (Å²) in [5.41, 5.74) is 6.31. The summed E-state index contributed by atoms with van der Waals surface area (Å²) in [4.78, 5) is 11.8. The molecule has 0 heterocycles. The highest BCUT2D eigenvalue weighted by atomic mass is 32.2. The summed E-state index contributed by atoms with van der Waals surface area (Å²) in [5.74, 6) is 1.90. The van der Waals surface area contributed by atoms with Crippen LogP contribution in [0.5, 0.6) is 0 Å². The molecule has 2 aliphatic carbocycles. The third-order valence-electron chi connectivity index (χ3n) is 4.38. The standard InChI is InChI=1S/C13H24N2OS/c1-17-8-5-11(14)12(16)15-9-13(6-2-7-13)10-3-4-10/h10-11H,2-9,14H2,1H3,(H,15,16). The second-order valence-corrected chi connectivity index (χ2v) is 6.58. The molecule has 17 heavy (non-hydrogen) atoms. The molecule has 0 aromatic rings. The van der Waals surface area contributed by atoms with E-state index in [1.165, 1.54) is 32.1 Å². The van der Waals surface area contributed by atoms with E-state index in [1.807, 2.05) is 6.26 Å². The summed E-state index contributed by atoms with van der Waals surface area (Å²) in [6, 6.07) is -0.321. The minimum Gasteiger partial charge on any atom is -0.354 e. The zero-order chi connectivity index (χ0) is 12.3. The van der Waals surface area contributed by atoms with Crippen LogP contribution in [0, 0.1) is 11.3 Å². The van der Waals surface area contributed by atoms with Crippen molar-refractivity contribution >= 4 is 17.7 Å². The van der Waals surface area contributed by atoms with E-state index >= 15 is 0 Å². The summed E-state index contributed by atoms with van der Waals surface area (Å²) in [7, 11) is 0. The molecule has 1 amide bonds. The first-order valence-electron chi connectivity index (χ1n) is 6.70. The molecule has 0 bridgehead atoms. The monoisotopic (exact) mass is 256 g/mol. The SMILES string of the molecule is CSCCC(N)C(=O)NCC1(C2CC2)CCC1. The first-order chi connectivity index (χ1) is 8.18. The molecule has 0 aromatic carbocycles. The molecular weight excluding hydrogens is 232 g/mol.